The zero-order chi connectivity index (χ0) is 13.7. The van der Waals surface area contributed by atoms with Gasteiger partial charge in [-0.05, 0) is 37.0 Å². The smallest absolute Gasteiger partial charge is 0.222 e. The van der Waals surface area contributed by atoms with Crippen molar-refractivity contribution in [2.24, 2.45) is 0 Å². The summed E-state index contributed by atoms with van der Waals surface area (Å²) in [7, 11) is 1.69. The average molecular weight is 265 g/mol. The molecule has 0 radical (unpaired) electrons. The van der Waals surface area contributed by atoms with Crippen molar-refractivity contribution in [1.82, 2.24) is 4.90 Å². The Labute approximate surface area is 113 Å². The van der Waals surface area contributed by atoms with Crippen LogP contribution in [0.5, 0.6) is 0 Å². The molecule has 0 aromatic heterocycles. The summed E-state index contributed by atoms with van der Waals surface area (Å²) in [4.78, 5) is 14.0. The summed E-state index contributed by atoms with van der Waals surface area (Å²) in [5, 5.41) is 0. The van der Waals surface area contributed by atoms with E-state index in [1.807, 2.05) is 11.0 Å². The molecule has 1 saturated heterocycles. The monoisotopic (exact) mass is 265 g/mol. The van der Waals surface area contributed by atoms with Crippen LogP contribution in [0.3, 0.4) is 0 Å². The quantitative estimate of drug-likeness (QED) is 0.836. The van der Waals surface area contributed by atoms with Crippen LogP contribution >= 0.6 is 0 Å². The number of aryl methyl sites for hydroxylation is 1. The van der Waals surface area contributed by atoms with E-state index in [2.05, 4.69) is 0 Å². The van der Waals surface area contributed by atoms with E-state index in [1.54, 1.807) is 13.2 Å². The van der Waals surface area contributed by atoms with E-state index in [1.165, 1.54) is 12.1 Å². The lowest BCUT2D eigenvalue weighted by Gasteiger charge is -2.32. The molecule has 1 heterocycles. The molecule has 1 atom stereocenters. The molecule has 0 bridgehead atoms. The normalized spacial score (nSPS) is 19.5. The van der Waals surface area contributed by atoms with E-state index in [9.17, 15) is 9.18 Å². The zero-order valence-corrected chi connectivity index (χ0v) is 11.3. The van der Waals surface area contributed by atoms with Crippen LogP contribution in [0.2, 0.25) is 0 Å². The minimum absolute atomic E-state index is 0.131. The van der Waals surface area contributed by atoms with E-state index in [0.29, 0.717) is 19.4 Å². The Hall–Kier alpha value is -1.42. The van der Waals surface area contributed by atoms with Gasteiger partial charge < -0.3 is 9.64 Å². The van der Waals surface area contributed by atoms with Crippen molar-refractivity contribution in [2.45, 2.75) is 31.8 Å². The molecule has 3 nitrogen and oxygen atoms in total. The van der Waals surface area contributed by atoms with E-state index < -0.39 is 0 Å². The van der Waals surface area contributed by atoms with Crippen LogP contribution < -0.4 is 0 Å². The van der Waals surface area contributed by atoms with E-state index >= 15 is 0 Å². The summed E-state index contributed by atoms with van der Waals surface area (Å²) in [5.74, 6) is -0.117. The number of hydrogen-bond donors (Lipinski definition) is 0. The SMILES string of the molecule is CO[C@H]1CCCN(C(=O)CCc2cccc(F)c2)C1. The van der Waals surface area contributed by atoms with Crippen molar-refractivity contribution in [3.05, 3.63) is 35.6 Å². The predicted molar refractivity (Wildman–Crippen MR) is 71.3 cm³/mol. The van der Waals surface area contributed by atoms with Gasteiger partial charge in [0.1, 0.15) is 5.82 Å². The topological polar surface area (TPSA) is 29.5 Å². The van der Waals surface area contributed by atoms with Crippen LogP contribution in [0.15, 0.2) is 24.3 Å². The molecule has 1 aliphatic heterocycles. The first kappa shape index (κ1) is 14.0. The highest BCUT2D eigenvalue weighted by Gasteiger charge is 2.22. The number of ether oxygens (including phenoxy) is 1. The molecule has 0 aliphatic carbocycles. The highest BCUT2D eigenvalue weighted by Crippen LogP contribution is 2.14. The Morgan fingerprint density at radius 3 is 3.11 bits per heavy atom. The number of methoxy groups -OCH3 is 1. The van der Waals surface area contributed by atoms with Crippen molar-refractivity contribution >= 4 is 5.91 Å². The second kappa shape index (κ2) is 6.66. The molecule has 2 rings (SSSR count). The summed E-state index contributed by atoms with van der Waals surface area (Å²) in [6.07, 6.45) is 3.19. The Balaban J connectivity index is 1.84. The van der Waals surface area contributed by atoms with E-state index in [4.69, 9.17) is 4.74 Å². The molecular weight excluding hydrogens is 245 g/mol. The molecule has 4 heteroatoms. The Morgan fingerprint density at radius 2 is 2.37 bits per heavy atom. The highest BCUT2D eigenvalue weighted by molar-refractivity contribution is 5.76. The van der Waals surface area contributed by atoms with Gasteiger partial charge in [-0.25, -0.2) is 4.39 Å². The maximum atomic E-state index is 13.0. The van der Waals surface area contributed by atoms with Crippen LogP contribution in [0.1, 0.15) is 24.8 Å². The predicted octanol–water partition coefficient (Wildman–Crippen LogP) is 2.40. The fourth-order valence-corrected chi connectivity index (χ4v) is 2.46. The largest absolute Gasteiger partial charge is 0.380 e. The molecule has 0 N–H and O–H groups in total. The fraction of sp³-hybridized carbons (Fsp3) is 0.533. The van der Waals surface area contributed by atoms with Crippen molar-refractivity contribution in [1.29, 1.82) is 0 Å². The van der Waals surface area contributed by atoms with Gasteiger partial charge in [0.05, 0.1) is 6.10 Å². The van der Waals surface area contributed by atoms with Crippen LogP contribution in [0.4, 0.5) is 4.39 Å². The van der Waals surface area contributed by atoms with Crippen LogP contribution in [0.25, 0.3) is 0 Å². The molecule has 0 spiro atoms. The van der Waals surface area contributed by atoms with Crippen molar-refractivity contribution in [2.75, 3.05) is 20.2 Å². The maximum absolute atomic E-state index is 13.0. The highest BCUT2D eigenvalue weighted by atomic mass is 19.1. The Kier molecular flexibility index (Phi) is 4.91. The molecule has 19 heavy (non-hydrogen) atoms. The third-order valence-electron chi connectivity index (χ3n) is 3.58. The van der Waals surface area contributed by atoms with Gasteiger partial charge >= 0.3 is 0 Å². The van der Waals surface area contributed by atoms with Gasteiger partial charge in [0, 0.05) is 26.6 Å². The van der Waals surface area contributed by atoms with Gasteiger partial charge in [0.25, 0.3) is 0 Å². The van der Waals surface area contributed by atoms with Crippen molar-refractivity contribution in [3.63, 3.8) is 0 Å². The van der Waals surface area contributed by atoms with Gasteiger partial charge in [-0.15, -0.1) is 0 Å². The molecule has 1 amide bonds. The summed E-state index contributed by atoms with van der Waals surface area (Å²) in [5.41, 5.74) is 0.869. The first-order valence-corrected chi connectivity index (χ1v) is 6.74. The van der Waals surface area contributed by atoms with Gasteiger partial charge in [-0.2, -0.15) is 0 Å². The summed E-state index contributed by atoms with van der Waals surface area (Å²) >= 11 is 0. The number of piperidine rings is 1. The summed E-state index contributed by atoms with van der Waals surface area (Å²) in [6, 6.07) is 6.43. The molecule has 1 aromatic rings. The number of hydrogen-bond acceptors (Lipinski definition) is 2. The standard InChI is InChI=1S/C15H20FNO2/c1-19-14-6-3-9-17(11-14)15(18)8-7-12-4-2-5-13(16)10-12/h2,4-5,10,14H,3,6-9,11H2,1H3/t14-/m0/s1. The lowest BCUT2D eigenvalue weighted by molar-refractivity contribution is -0.134. The van der Waals surface area contributed by atoms with E-state index in [0.717, 1.165) is 24.9 Å². The number of likely N-dealkylation sites (tertiary alicyclic amines) is 1. The number of carbonyl (C=O) groups is 1. The molecule has 0 saturated carbocycles. The fourth-order valence-electron chi connectivity index (χ4n) is 2.46. The van der Waals surface area contributed by atoms with Gasteiger partial charge in [0.2, 0.25) is 5.91 Å². The van der Waals surface area contributed by atoms with Crippen LogP contribution in [0, 0.1) is 5.82 Å². The van der Waals surface area contributed by atoms with Gasteiger partial charge in [-0.1, -0.05) is 12.1 Å². The minimum Gasteiger partial charge on any atom is -0.380 e. The molecule has 1 aliphatic rings. The summed E-state index contributed by atoms with van der Waals surface area (Å²) in [6.45, 7) is 1.49. The molecule has 104 valence electrons. The van der Waals surface area contributed by atoms with Gasteiger partial charge in [-0.3, -0.25) is 4.79 Å². The van der Waals surface area contributed by atoms with Gasteiger partial charge in [0.15, 0.2) is 0 Å². The zero-order valence-electron chi connectivity index (χ0n) is 11.3. The van der Waals surface area contributed by atoms with Crippen molar-refractivity contribution < 1.29 is 13.9 Å². The first-order valence-electron chi connectivity index (χ1n) is 6.74. The van der Waals surface area contributed by atoms with Crippen molar-refractivity contribution in [3.8, 4) is 0 Å². The average Bonchev–Trinajstić information content (AvgIpc) is 2.45. The Bertz CT molecular complexity index is 436. The number of halogens is 1. The number of rotatable bonds is 4. The second-order valence-electron chi connectivity index (χ2n) is 4.97. The first-order chi connectivity index (χ1) is 9.19. The molecule has 1 fully saturated rings. The minimum atomic E-state index is -0.248. The van der Waals surface area contributed by atoms with Crippen LogP contribution in [-0.2, 0) is 16.0 Å². The van der Waals surface area contributed by atoms with E-state index in [-0.39, 0.29) is 17.8 Å². The number of benzene rings is 1. The third kappa shape index (κ3) is 4.03. The number of nitrogens with zero attached hydrogens (tertiary/aromatic N) is 1. The second-order valence-corrected chi connectivity index (χ2v) is 4.97. The van der Waals surface area contributed by atoms with Crippen LogP contribution in [-0.4, -0.2) is 37.1 Å². The number of amides is 1. The summed E-state index contributed by atoms with van der Waals surface area (Å²) < 4.78 is 18.3. The third-order valence-corrected chi connectivity index (χ3v) is 3.58. The Morgan fingerprint density at radius 1 is 1.53 bits per heavy atom. The molecule has 1 aromatic carbocycles. The number of carbonyl (C=O) groups excluding carboxylic acids is 1. The maximum Gasteiger partial charge on any atom is 0.222 e. The lowest BCUT2D eigenvalue weighted by Crippen LogP contribution is -2.42. The molecular formula is C15H20FNO2. The molecule has 0 unspecified atom stereocenters. The lowest BCUT2D eigenvalue weighted by atomic mass is 10.1.